The van der Waals surface area contributed by atoms with Gasteiger partial charge in [0, 0.05) is 18.3 Å². The molecule has 0 spiro atoms. The van der Waals surface area contributed by atoms with Gasteiger partial charge in [0.15, 0.2) is 0 Å². The van der Waals surface area contributed by atoms with Gasteiger partial charge in [-0.15, -0.1) is 0 Å². The van der Waals surface area contributed by atoms with Gasteiger partial charge in [0.1, 0.15) is 10.6 Å². The first kappa shape index (κ1) is 14.3. The molecule has 6 nitrogen and oxygen atoms in total. The Hall–Kier alpha value is -2.12. The topological polar surface area (TPSA) is 108 Å². The first-order valence-electron chi connectivity index (χ1n) is 5.92. The van der Waals surface area contributed by atoms with Gasteiger partial charge >= 0.3 is 0 Å². The minimum atomic E-state index is -3.85. The van der Waals surface area contributed by atoms with Gasteiger partial charge in [0.25, 0.3) is 0 Å². The molecule has 7 heteroatoms. The van der Waals surface area contributed by atoms with Gasteiger partial charge in [-0.1, -0.05) is 12.1 Å². The monoisotopic (exact) mass is 293 g/mol. The molecule has 0 aliphatic heterocycles. The van der Waals surface area contributed by atoms with Crippen molar-refractivity contribution in [2.45, 2.75) is 11.3 Å². The standard InChI is InChI=1S/C13H15N3O3S/c14-13-11(5-3-6-12(13)20(15,17)18)19-9-7-10-4-1-2-8-16-10/h1-6,8H,7,9,14H2,(H2,15,17,18). The maximum Gasteiger partial charge on any atom is 0.240 e. The number of rotatable bonds is 5. The molecular weight excluding hydrogens is 278 g/mol. The summed E-state index contributed by atoms with van der Waals surface area (Å²) < 4.78 is 28.2. The molecule has 20 heavy (non-hydrogen) atoms. The Balaban J connectivity index is 2.07. The number of benzene rings is 1. The second kappa shape index (κ2) is 5.89. The van der Waals surface area contributed by atoms with Crippen LogP contribution in [-0.2, 0) is 16.4 Å². The third-order valence-electron chi connectivity index (χ3n) is 2.67. The van der Waals surface area contributed by atoms with E-state index in [1.54, 1.807) is 12.3 Å². The minimum absolute atomic E-state index is 0.0241. The number of hydrogen-bond acceptors (Lipinski definition) is 5. The van der Waals surface area contributed by atoms with Crippen LogP contribution >= 0.6 is 0 Å². The van der Waals surface area contributed by atoms with Crippen LogP contribution in [0.4, 0.5) is 5.69 Å². The number of nitrogens with two attached hydrogens (primary N) is 2. The van der Waals surface area contributed by atoms with Crippen molar-refractivity contribution in [3.8, 4) is 5.75 Å². The normalized spacial score (nSPS) is 11.2. The fourth-order valence-electron chi connectivity index (χ4n) is 1.71. The van der Waals surface area contributed by atoms with Gasteiger partial charge in [-0.05, 0) is 24.3 Å². The zero-order valence-electron chi connectivity index (χ0n) is 10.7. The lowest BCUT2D eigenvalue weighted by Crippen LogP contribution is -2.15. The number of nitrogens with zero attached hydrogens (tertiary/aromatic N) is 1. The van der Waals surface area contributed by atoms with Crippen LogP contribution in [0.5, 0.6) is 5.75 Å². The Kier molecular flexibility index (Phi) is 4.21. The van der Waals surface area contributed by atoms with Crippen molar-refractivity contribution < 1.29 is 13.2 Å². The van der Waals surface area contributed by atoms with Crippen LogP contribution in [0.2, 0.25) is 0 Å². The molecule has 0 bridgehead atoms. The maximum absolute atomic E-state index is 11.3. The van der Waals surface area contributed by atoms with E-state index in [0.29, 0.717) is 18.8 Å². The highest BCUT2D eigenvalue weighted by Gasteiger charge is 2.15. The van der Waals surface area contributed by atoms with E-state index in [1.807, 2.05) is 18.2 Å². The molecule has 1 aromatic carbocycles. The lowest BCUT2D eigenvalue weighted by atomic mass is 10.3. The molecule has 0 aliphatic rings. The molecule has 106 valence electrons. The molecule has 4 N–H and O–H groups in total. The molecule has 0 saturated heterocycles. The molecule has 2 rings (SSSR count). The Labute approximate surface area is 117 Å². The predicted octanol–water partition coefficient (Wildman–Crippen LogP) is 0.933. The van der Waals surface area contributed by atoms with E-state index in [4.69, 9.17) is 15.6 Å². The highest BCUT2D eigenvalue weighted by Crippen LogP contribution is 2.27. The van der Waals surface area contributed by atoms with Gasteiger partial charge in [-0.25, -0.2) is 13.6 Å². The third-order valence-corrected chi connectivity index (χ3v) is 3.64. The Bertz CT molecular complexity index is 687. The molecule has 0 aliphatic carbocycles. The fourth-order valence-corrected chi connectivity index (χ4v) is 2.38. The Morgan fingerprint density at radius 3 is 2.60 bits per heavy atom. The first-order valence-corrected chi connectivity index (χ1v) is 7.47. The zero-order valence-corrected chi connectivity index (χ0v) is 11.5. The van der Waals surface area contributed by atoms with Crippen LogP contribution in [0.15, 0.2) is 47.5 Å². The van der Waals surface area contributed by atoms with Crippen LogP contribution in [0.25, 0.3) is 0 Å². The number of hydrogen-bond donors (Lipinski definition) is 2. The lowest BCUT2D eigenvalue weighted by Gasteiger charge is -2.11. The van der Waals surface area contributed by atoms with E-state index in [-0.39, 0.29) is 10.6 Å². The second-order valence-electron chi connectivity index (χ2n) is 4.13. The van der Waals surface area contributed by atoms with Crippen LogP contribution < -0.4 is 15.6 Å². The smallest absolute Gasteiger partial charge is 0.240 e. The van der Waals surface area contributed by atoms with Crippen LogP contribution in [0, 0.1) is 0 Å². The number of sulfonamides is 1. The zero-order chi connectivity index (χ0) is 14.6. The lowest BCUT2D eigenvalue weighted by molar-refractivity contribution is 0.321. The van der Waals surface area contributed by atoms with E-state index in [2.05, 4.69) is 4.98 Å². The fraction of sp³-hybridized carbons (Fsp3) is 0.154. The van der Waals surface area contributed by atoms with Crippen LogP contribution in [-0.4, -0.2) is 20.0 Å². The molecule has 0 atom stereocenters. The summed E-state index contributed by atoms with van der Waals surface area (Å²) in [6.45, 7) is 0.343. The van der Waals surface area contributed by atoms with Gasteiger partial charge in [-0.3, -0.25) is 4.98 Å². The summed E-state index contributed by atoms with van der Waals surface area (Å²) in [7, 11) is -3.85. The number of para-hydroxylation sites is 1. The largest absolute Gasteiger partial charge is 0.491 e. The SMILES string of the molecule is Nc1c(OCCc2ccccn2)cccc1S(N)(=O)=O. The van der Waals surface area contributed by atoms with Crippen LogP contribution in [0.1, 0.15) is 5.69 Å². The van der Waals surface area contributed by atoms with Gasteiger partial charge in [0.05, 0.1) is 12.3 Å². The molecular formula is C13H15N3O3S. The molecule has 1 aromatic heterocycles. The second-order valence-corrected chi connectivity index (χ2v) is 5.66. The summed E-state index contributed by atoms with van der Waals surface area (Å²) in [5, 5.41) is 5.07. The first-order chi connectivity index (χ1) is 9.48. The van der Waals surface area contributed by atoms with Gasteiger partial charge in [-0.2, -0.15) is 0 Å². The van der Waals surface area contributed by atoms with Crippen molar-refractivity contribution in [2.75, 3.05) is 12.3 Å². The predicted molar refractivity (Wildman–Crippen MR) is 75.7 cm³/mol. The van der Waals surface area contributed by atoms with Gasteiger partial charge < -0.3 is 10.5 Å². The van der Waals surface area contributed by atoms with Crippen molar-refractivity contribution in [1.29, 1.82) is 0 Å². The number of anilines is 1. The van der Waals surface area contributed by atoms with E-state index in [9.17, 15) is 8.42 Å². The van der Waals surface area contributed by atoms with Crippen LogP contribution in [0.3, 0.4) is 0 Å². The summed E-state index contributed by atoms with van der Waals surface area (Å²) in [6.07, 6.45) is 2.30. The Morgan fingerprint density at radius 2 is 1.95 bits per heavy atom. The number of ether oxygens (including phenoxy) is 1. The number of aromatic nitrogens is 1. The van der Waals surface area contributed by atoms with Crippen molar-refractivity contribution in [2.24, 2.45) is 5.14 Å². The summed E-state index contributed by atoms with van der Waals surface area (Å²) in [6, 6.07) is 10.1. The van der Waals surface area contributed by atoms with Crippen molar-refractivity contribution in [1.82, 2.24) is 4.98 Å². The van der Waals surface area contributed by atoms with E-state index >= 15 is 0 Å². The van der Waals surface area contributed by atoms with Crippen molar-refractivity contribution in [3.05, 3.63) is 48.3 Å². The highest BCUT2D eigenvalue weighted by molar-refractivity contribution is 7.89. The molecule has 0 radical (unpaired) electrons. The maximum atomic E-state index is 11.3. The highest BCUT2D eigenvalue weighted by atomic mass is 32.2. The number of pyridine rings is 1. The average molecular weight is 293 g/mol. The molecule has 0 unspecified atom stereocenters. The molecule has 0 fully saturated rings. The summed E-state index contributed by atoms with van der Waals surface area (Å²) in [5.41, 5.74) is 6.66. The number of primary sulfonamides is 1. The molecule has 1 heterocycles. The third kappa shape index (κ3) is 3.46. The van der Waals surface area contributed by atoms with Crippen molar-refractivity contribution in [3.63, 3.8) is 0 Å². The van der Waals surface area contributed by atoms with E-state index < -0.39 is 10.0 Å². The summed E-state index contributed by atoms with van der Waals surface area (Å²) in [5.74, 6) is 0.299. The van der Waals surface area contributed by atoms with Crippen molar-refractivity contribution >= 4 is 15.7 Å². The molecule has 0 amide bonds. The van der Waals surface area contributed by atoms with E-state index in [0.717, 1.165) is 5.69 Å². The summed E-state index contributed by atoms with van der Waals surface area (Å²) >= 11 is 0. The number of nitrogen functional groups attached to an aromatic ring is 1. The van der Waals surface area contributed by atoms with Gasteiger partial charge in [0.2, 0.25) is 10.0 Å². The Morgan fingerprint density at radius 1 is 1.15 bits per heavy atom. The average Bonchev–Trinajstić information content (AvgIpc) is 2.40. The van der Waals surface area contributed by atoms with E-state index in [1.165, 1.54) is 12.1 Å². The molecule has 0 saturated carbocycles. The summed E-state index contributed by atoms with van der Waals surface area (Å²) in [4.78, 5) is 4.03. The minimum Gasteiger partial charge on any atom is -0.491 e. The molecule has 2 aromatic rings. The quantitative estimate of drug-likeness (QED) is 0.797.